The van der Waals surface area contributed by atoms with Gasteiger partial charge in [0.1, 0.15) is 11.1 Å². The Morgan fingerprint density at radius 3 is 1.47 bits per heavy atom. The molecule has 34 heavy (non-hydrogen) atoms. The molecule has 17 heteroatoms. The SMILES string of the molecule is Cc1cccc(OS(=O)(=O)CS(=O)(=O)Oc2cccc(C(F)(F)F)c2C(F)(F)F)c1C(F)(F)F. The Bertz CT molecular complexity index is 1280. The normalized spacial score (nSPS) is 13.6. The molecule has 2 rings (SSSR count). The first kappa shape index (κ1) is 27.6. The first-order chi connectivity index (χ1) is 15.1. The molecule has 0 fully saturated rings. The van der Waals surface area contributed by atoms with Gasteiger partial charge in [0.2, 0.25) is 5.08 Å². The van der Waals surface area contributed by atoms with Crippen molar-refractivity contribution in [2.24, 2.45) is 0 Å². The second-order valence-corrected chi connectivity index (χ2v) is 10.0. The van der Waals surface area contributed by atoms with Gasteiger partial charge < -0.3 is 8.37 Å². The molecule has 0 aromatic heterocycles. The third kappa shape index (κ3) is 6.68. The fourth-order valence-corrected chi connectivity index (χ4v) is 5.33. The highest BCUT2D eigenvalue weighted by molar-refractivity contribution is 8.04. The highest BCUT2D eigenvalue weighted by Gasteiger charge is 2.46. The monoisotopic (exact) mass is 546 g/mol. The molecular formula is C17H11F9O6S2. The number of halogens is 9. The Kier molecular flexibility index (Phi) is 7.15. The fourth-order valence-electron chi connectivity index (χ4n) is 2.70. The van der Waals surface area contributed by atoms with Crippen molar-refractivity contribution in [3.05, 3.63) is 58.7 Å². The lowest BCUT2D eigenvalue weighted by Gasteiger charge is -2.19. The van der Waals surface area contributed by atoms with Crippen LogP contribution in [-0.2, 0) is 38.8 Å². The molecule has 0 aliphatic rings. The van der Waals surface area contributed by atoms with E-state index in [9.17, 15) is 56.3 Å². The second-order valence-electron chi connectivity index (χ2n) is 6.52. The van der Waals surface area contributed by atoms with Crippen molar-refractivity contribution in [2.75, 3.05) is 5.08 Å². The van der Waals surface area contributed by atoms with Crippen molar-refractivity contribution in [3.8, 4) is 11.5 Å². The van der Waals surface area contributed by atoms with E-state index >= 15 is 0 Å². The van der Waals surface area contributed by atoms with E-state index in [2.05, 4.69) is 8.37 Å². The van der Waals surface area contributed by atoms with E-state index < -0.39 is 77.6 Å². The zero-order chi connectivity index (χ0) is 26.3. The van der Waals surface area contributed by atoms with E-state index in [1.54, 1.807) is 0 Å². The van der Waals surface area contributed by atoms with Crippen LogP contribution in [0.1, 0.15) is 22.3 Å². The fraction of sp³-hybridized carbons (Fsp3) is 0.294. The predicted octanol–water partition coefficient (Wildman–Crippen LogP) is 5.13. The van der Waals surface area contributed by atoms with Crippen LogP contribution in [0.2, 0.25) is 0 Å². The van der Waals surface area contributed by atoms with Gasteiger partial charge in [-0.3, -0.25) is 0 Å². The van der Waals surface area contributed by atoms with Crippen LogP contribution in [0.15, 0.2) is 36.4 Å². The zero-order valence-electron chi connectivity index (χ0n) is 16.3. The van der Waals surface area contributed by atoms with Crippen molar-refractivity contribution in [2.45, 2.75) is 25.5 Å². The van der Waals surface area contributed by atoms with E-state index in [-0.39, 0.29) is 12.1 Å². The summed E-state index contributed by atoms with van der Waals surface area (Å²) in [6, 6.07) is 2.96. The maximum Gasteiger partial charge on any atom is 0.420 e. The van der Waals surface area contributed by atoms with Crippen molar-refractivity contribution >= 4 is 20.2 Å². The third-order valence-electron chi connectivity index (χ3n) is 3.86. The number of alkyl halides is 9. The number of hydrogen-bond acceptors (Lipinski definition) is 6. The van der Waals surface area contributed by atoms with E-state index in [1.165, 1.54) is 0 Å². The summed E-state index contributed by atoms with van der Waals surface area (Å²) in [5.74, 6) is -3.23. The van der Waals surface area contributed by atoms with Crippen LogP contribution < -0.4 is 8.37 Å². The number of benzene rings is 2. The van der Waals surface area contributed by atoms with Crippen LogP contribution in [0.3, 0.4) is 0 Å². The summed E-state index contributed by atoms with van der Waals surface area (Å²) < 4.78 is 174. The highest BCUT2D eigenvalue weighted by Crippen LogP contribution is 2.45. The molecule has 0 spiro atoms. The molecule has 2 aromatic carbocycles. The van der Waals surface area contributed by atoms with Gasteiger partial charge in [-0.2, -0.15) is 56.3 Å². The van der Waals surface area contributed by atoms with Gasteiger partial charge in [-0.15, -0.1) is 0 Å². The Morgan fingerprint density at radius 1 is 0.647 bits per heavy atom. The molecule has 0 aliphatic carbocycles. The molecule has 0 N–H and O–H groups in total. The molecule has 0 saturated heterocycles. The van der Waals surface area contributed by atoms with Crippen LogP contribution in [0.25, 0.3) is 0 Å². The van der Waals surface area contributed by atoms with Crippen LogP contribution >= 0.6 is 0 Å². The van der Waals surface area contributed by atoms with E-state index in [0.29, 0.717) is 12.1 Å². The summed E-state index contributed by atoms with van der Waals surface area (Å²) in [5.41, 5.74) is -6.95. The quantitative estimate of drug-likeness (QED) is 0.369. The average Bonchev–Trinajstić information content (AvgIpc) is 2.56. The standard InChI is InChI=1S/C17H11F9O6S2/c1-9-4-2-6-11(13(9)16(21,22)23)31-33(27,28)8-34(29,30)32-12-7-3-5-10(15(18,19)20)14(12)17(24,25)26/h2-7H,8H2,1H3. The first-order valence-corrected chi connectivity index (χ1v) is 11.6. The van der Waals surface area contributed by atoms with Crippen LogP contribution in [0, 0.1) is 6.92 Å². The maximum atomic E-state index is 13.2. The Hall–Kier alpha value is -2.69. The summed E-state index contributed by atoms with van der Waals surface area (Å²) >= 11 is 0. The topological polar surface area (TPSA) is 86.7 Å². The molecule has 0 atom stereocenters. The minimum Gasteiger partial charge on any atom is -0.381 e. The van der Waals surface area contributed by atoms with Crippen molar-refractivity contribution in [1.29, 1.82) is 0 Å². The zero-order valence-corrected chi connectivity index (χ0v) is 18.0. The minimum atomic E-state index is -5.78. The van der Waals surface area contributed by atoms with Gasteiger partial charge in [0.25, 0.3) is 0 Å². The molecule has 0 amide bonds. The molecule has 0 radical (unpaired) electrons. The molecule has 0 heterocycles. The average molecular weight is 546 g/mol. The molecule has 6 nitrogen and oxygen atoms in total. The van der Waals surface area contributed by atoms with Gasteiger partial charge in [0.05, 0.1) is 5.56 Å². The molecule has 2 aromatic rings. The van der Waals surface area contributed by atoms with Crippen molar-refractivity contribution < 1.29 is 64.7 Å². The number of hydrogen-bond donors (Lipinski definition) is 0. The van der Waals surface area contributed by atoms with Gasteiger partial charge in [0, 0.05) is 0 Å². The minimum absolute atomic E-state index is 0.0153. The second kappa shape index (κ2) is 8.83. The van der Waals surface area contributed by atoms with Gasteiger partial charge >= 0.3 is 38.8 Å². The van der Waals surface area contributed by atoms with Crippen molar-refractivity contribution in [3.63, 3.8) is 0 Å². The van der Waals surface area contributed by atoms with E-state index in [0.717, 1.165) is 19.1 Å². The summed E-state index contributed by atoms with van der Waals surface area (Å²) in [5, 5.41) is -2.32. The summed E-state index contributed by atoms with van der Waals surface area (Å²) in [7, 11) is -11.2. The summed E-state index contributed by atoms with van der Waals surface area (Å²) in [6.45, 7) is 0.939. The van der Waals surface area contributed by atoms with E-state index in [1.807, 2.05) is 0 Å². The van der Waals surface area contributed by atoms with Crippen LogP contribution in [0.4, 0.5) is 39.5 Å². The van der Waals surface area contributed by atoms with Gasteiger partial charge in [-0.1, -0.05) is 18.2 Å². The summed E-state index contributed by atoms with van der Waals surface area (Å²) in [4.78, 5) is 0. The molecular weight excluding hydrogens is 535 g/mol. The number of rotatable bonds is 6. The lowest BCUT2D eigenvalue weighted by Crippen LogP contribution is -2.27. The number of aryl methyl sites for hydroxylation is 1. The van der Waals surface area contributed by atoms with Crippen LogP contribution in [-0.4, -0.2) is 21.9 Å². The van der Waals surface area contributed by atoms with Gasteiger partial charge in [-0.25, -0.2) is 0 Å². The Labute approximate surface area is 186 Å². The third-order valence-corrected chi connectivity index (χ3v) is 7.03. The lowest BCUT2D eigenvalue weighted by atomic mass is 10.1. The van der Waals surface area contributed by atoms with Gasteiger partial charge in [0.15, 0.2) is 11.5 Å². The van der Waals surface area contributed by atoms with Crippen LogP contribution in [0.5, 0.6) is 11.5 Å². The van der Waals surface area contributed by atoms with Gasteiger partial charge in [-0.05, 0) is 30.7 Å². The Morgan fingerprint density at radius 2 is 1.06 bits per heavy atom. The molecule has 0 aliphatic heterocycles. The largest absolute Gasteiger partial charge is 0.420 e. The molecule has 0 unspecified atom stereocenters. The highest BCUT2D eigenvalue weighted by atomic mass is 32.3. The Balaban J connectivity index is 2.44. The maximum absolute atomic E-state index is 13.2. The summed E-state index contributed by atoms with van der Waals surface area (Å²) in [6.07, 6.45) is -16.5. The van der Waals surface area contributed by atoms with E-state index in [4.69, 9.17) is 0 Å². The molecule has 190 valence electrons. The lowest BCUT2D eigenvalue weighted by molar-refractivity contribution is -0.162. The predicted molar refractivity (Wildman–Crippen MR) is 96.6 cm³/mol. The smallest absolute Gasteiger partial charge is 0.381 e. The molecule has 0 bridgehead atoms. The van der Waals surface area contributed by atoms with Crippen molar-refractivity contribution in [1.82, 2.24) is 0 Å². The molecule has 0 saturated carbocycles. The first-order valence-electron chi connectivity index (χ1n) is 8.42.